The first-order valence-electron chi connectivity index (χ1n) is 5.00. The molecule has 0 saturated heterocycles. The highest BCUT2D eigenvalue weighted by molar-refractivity contribution is 9.10. The van der Waals surface area contributed by atoms with Gasteiger partial charge in [0.1, 0.15) is 11.5 Å². The van der Waals surface area contributed by atoms with Gasteiger partial charge in [-0.3, -0.25) is 4.68 Å². The Bertz CT molecular complexity index is 593. The lowest BCUT2D eigenvalue weighted by Gasteiger charge is -2.10. The van der Waals surface area contributed by atoms with Gasteiger partial charge in [-0.2, -0.15) is 5.10 Å². The van der Waals surface area contributed by atoms with Gasteiger partial charge in [0, 0.05) is 19.2 Å². The molecule has 0 bridgehead atoms. The van der Waals surface area contributed by atoms with Gasteiger partial charge >= 0.3 is 0 Å². The Balaban J connectivity index is 2.76. The van der Waals surface area contributed by atoms with Crippen LogP contribution in [0.25, 0.3) is 11.3 Å². The molecule has 0 aliphatic rings. The van der Waals surface area contributed by atoms with Crippen molar-refractivity contribution in [2.24, 2.45) is 7.05 Å². The topological polar surface area (TPSA) is 73.3 Å². The third kappa shape index (κ3) is 1.90. The van der Waals surface area contributed by atoms with Crippen LogP contribution in [0, 0.1) is 5.82 Å². The van der Waals surface area contributed by atoms with Gasteiger partial charge in [-0.15, -0.1) is 0 Å². The van der Waals surface area contributed by atoms with Crippen molar-refractivity contribution >= 4 is 21.7 Å². The molecule has 1 aromatic carbocycles. The van der Waals surface area contributed by atoms with Crippen molar-refractivity contribution in [2.45, 2.75) is 0 Å². The van der Waals surface area contributed by atoms with Gasteiger partial charge in [0.2, 0.25) is 0 Å². The van der Waals surface area contributed by atoms with E-state index in [1.807, 2.05) is 0 Å². The van der Waals surface area contributed by atoms with Gasteiger partial charge in [-0.05, 0) is 15.9 Å². The van der Waals surface area contributed by atoms with Gasteiger partial charge in [0.15, 0.2) is 17.3 Å². The number of hydrogen-bond donors (Lipinski definition) is 2. The molecule has 2 rings (SSSR count). The standard InChI is InChI=1S/C11H11BrFN3O2/c1-16-8(14)4-6(15-16)9-10(13)5(12)3-7(17)11(9)18-2/h3-4,17H,14H2,1-2H3. The van der Waals surface area contributed by atoms with Gasteiger partial charge in [-0.1, -0.05) is 0 Å². The highest BCUT2D eigenvalue weighted by Crippen LogP contribution is 2.42. The van der Waals surface area contributed by atoms with Crippen molar-refractivity contribution < 1.29 is 14.2 Å². The number of benzene rings is 1. The number of anilines is 1. The van der Waals surface area contributed by atoms with Crippen molar-refractivity contribution in [3.63, 3.8) is 0 Å². The maximum Gasteiger partial charge on any atom is 0.172 e. The Labute approximate surface area is 111 Å². The normalized spacial score (nSPS) is 10.7. The van der Waals surface area contributed by atoms with Crippen molar-refractivity contribution in [3.05, 3.63) is 22.4 Å². The first kappa shape index (κ1) is 12.7. The number of halogens is 2. The zero-order valence-corrected chi connectivity index (χ0v) is 11.3. The number of phenolic OH excluding ortho intramolecular Hbond substituents is 1. The van der Waals surface area contributed by atoms with E-state index in [9.17, 15) is 9.50 Å². The van der Waals surface area contributed by atoms with Gasteiger partial charge in [0.05, 0.1) is 17.1 Å². The molecule has 1 aromatic heterocycles. The number of nitrogen functional groups attached to an aromatic ring is 1. The number of aromatic hydroxyl groups is 1. The first-order chi connectivity index (χ1) is 8.45. The Kier molecular flexibility index (Phi) is 3.16. The van der Waals surface area contributed by atoms with E-state index in [-0.39, 0.29) is 21.5 Å². The maximum atomic E-state index is 14.1. The summed E-state index contributed by atoms with van der Waals surface area (Å²) in [6.07, 6.45) is 0. The zero-order chi connectivity index (χ0) is 13.4. The minimum Gasteiger partial charge on any atom is -0.504 e. The number of methoxy groups -OCH3 is 1. The largest absolute Gasteiger partial charge is 0.504 e. The summed E-state index contributed by atoms with van der Waals surface area (Å²) in [5, 5.41) is 13.8. The number of nitrogens with zero attached hydrogens (tertiary/aromatic N) is 2. The SMILES string of the molecule is COc1c(O)cc(Br)c(F)c1-c1cc(N)n(C)n1. The average Bonchev–Trinajstić information content (AvgIpc) is 2.63. The lowest BCUT2D eigenvalue weighted by Crippen LogP contribution is -1.97. The summed E-state index contributed by atoms with van der Waals surface area (Å²) in [6.45, 7) is 0. The van der Waals surface area contributed by atoms with E-state index in [0.29, 0.717) is 11.5 Å². The van der Waals surface area contributed by atoms with E-state index < -0.39 is 5.82 Å². The van der Waals surface area contributed by atoms with Crippen LogP contribution in [0.5, 0.6) is 11.5 Å². The number of nitrogens with two attached hydrogens (primary N) is 1. The molecule has 3 N–H and O–H groups in total. The van der Waals surface area contributed by atoms with E-state index >= 15 is 0 Å². The van der Waals surface area contributed by atoms with Gasteiger partial charge < -0.3 is 15.6 Å². The summed E-state index contributed by atoms with van der Waals surface area (Å²) < 4.78 is 20.7. The molecule has 0 saturated carbocycles. The second kappa shape index (κ2) is 4.49. The molecule has 0 aliphatic carbocycles. The predicted molar refractivity (Wildman–Crippen MR) is 68.9 cm³/mol. The molecular weight excluding hydrogens is 305 g/mol. The van der Waals surface area contributed by atoms with Gasteiger partial charge in [0.25, 0.3) is 0 Å². The minimum absolute atomic E-state index is 0.0220. The van der Waals surface area contributed by atoms with Crippen LogP contribution in [0.15, 0.2) is 16.6 Å². The lowest BCUT2D eigenvalue weighted by molar-refractivity contribution is 0.371. The fourth-order valence-corrected chi connectivity index (χ4v) is 2.05. The lowest BCUT2D eigenvalue weighted by atomic mass is 10.1. The van der Waals surface area contributed by atoms with Crippen molar-refractivity contribution in [3.8, 4) is 22.8 Å². The predicted octanol–water partition coefficient (Wildman–Crippen LogP) is 2.29. The molecule has 0 radical (unpaired) electrons. The average molecular weight is 316 g/mol. The van der Waals surface area contributed by atoms with Crippen molar-refractivity contribution in [1.82, 2.24) is 9.78 Å². The number of aromatic nitrogens is 2. The minimum atomic E-state index is -0.567. The van der Waals surface area contributed by atoms with Crippen LogP contribution in [-0.4, -0.2) is 22.0 Å². The third-order valence-electron chi connectivity index (χ3n) is 2.53. The quantitative estimate of drug-likeness (QED) is 0.891. The molecule has 0 atom stereocenters. The summed E-state index contributed by atoms with van der Waals surface area (Å²) >= 11 is 3.03. The zero-order valence-electron chi connectivity index (χ0n) is 9.74. The first-order valence-corrected chi connectivity index (χ1v) is 5.79. The second-order valence-electron chi connectivity index (χ2n) is 3.68. The molecule has 0 spiro atoms. The van der Waals surface area contributed by atoms with E-state index in [0.717, 1.165) is 0 Å². The number of ether oxygens (including phenoxy) is 1. The molecule has 7 heteroatoms. The molecule has 0 unspecified atom stereocenters. The van der Waals surface area contributed by atoms with Crippen LogP contribution in [0.4, 0.5) is 10.2 Å². The molecule has 1 heterocycles. The molecule has 0 amide bonds. The molecule has 2 aromatic rings. The van der Waals surface area contributed by atoms with Crippen LogP contribution in [0.2, 0.25) is 0 Å². The molecule has 5 nitrogen and oxygen atoms in total. The summed E-state index contributed by atoms with van der Waals surface area (Å²) in [5.41, 5.74) is 6.02. The molecular formula is C11H11BrFN3O2. The Morgan fingerprint density at radius 2 is 2.17 bits per heavy atom. The Hall–Kier alpha value is -1.76. The van der Waals surface area contributed by atoms with Gasteiger partial charge in [-0.25, -0.2) is 4.39 Å². The highest BCUT2D eigenvalue weighted by Gasteiger charge is 2.21. The van der Waals surface area contributed by atoms with E-state index in [4.69, 9.17) is 10.5 Å². The number of rotatable bonds is 2. The highest BCUT2D eigenvalue weighted by atomic mass is 79.9. The number of hydrogen-bond acceptors (Lipinski definition) is 4. The number of aryl methyl sites for hydroxylation is 1. The van der Waals surface area contributed by atoms with E-state index in [2.05, 4.69) is 21.0 Å². The van der Waals surface area contributed by atoms with Crippen LogP contribution in [0.3, 0.4) is 0 Å². The fourth-order valence-electron chi connectivity index (χ4n) is 1.64. The van der Waals surface area contributed by atoms with Crippen LogP contribution < -0.4 is 10.5 Å². The Morgan fingerprint density at radius 3 is 2.67 bits per heavy atom. The van der Waals surface area contributed by atoms with Crippen LogP contribution in [0.1, 0.15) is 0 Å². The smallest absolute Gasteiger partial charge is 0.172 e. The molecule has 0 fully saturated rings. The van der Waals surface area contributed by atoms with E-state index in [1.165, 1.54) is 23.9 Å². The maximum absolute atomic E-state index is 14.1. The summed E-state index contributed by atoms with van der Waals surface area (Å²) in [5.74, 6) is -0.340. The van der Waals surface area contributed by atoms with Crippen LogP contribution in [-0.2, 0) is 7.05 Å². The fraction of sp³-hybridized carbons (Fsp3) is 0.182. The molecule has 0 aliphatic heterocycles. The summed E-state index contributed by atoms with van der Waals surface area (Å²) in [7, 11) is 2.99. The van der Waals surface area contributed by atoms with E-state index in [1.54, 1.807) is 7.05 Å². The Morgan fingerprint density at radius 1 is 1.50 bits per heavy atom. The number of phenols is 1. The summed E-state index contributed by atoms with van der Waals surface area (Å²) in [6, 6.07) is 2.73. The molecule has 96 valence electrons. The van der Waals surface area contributed by atoms with Crippen LogP contribution >= 0.6 is 15.9 Å². The molecule has 18 heavy (non-hydrogen) atoms. The monoisotopic (exact) mass is 315 g/mol. The van der Waals surface area contributed by atoms with Crippen molar-refractivity contribution in [1.29, 1.82) is 0 Å². The second-order valence-corrected chi connectivity index (χ2v) is 4.53. The third-order valence-corrected chi connectivity index (χ3v) is 3.11. The van der Waals surface area contributed by atoms with Crippen molar-refractivity contribution in [2.75, 3.05) is 12.8 Å². The summed E-state index contributed by atoms with van der Waals surface area (Å²) in [4.78, 5) is 0.